The van der Waals surface area contributed by atoms with E-state index in [1.807, 2.05) is 20.8 Å². The fraction of sp³-hybridized carbons (Fsp3) is 0.750. The molecule has 0 bridgehead atoms. The highest BCUT2D eigenvalue weighted by atomic mass is 19.1. The van der Waals surface area contributed by atoms with Gasteiger partial charge in [0.15, 0.2) is 0 Å². The molecule has 0 saturated carbocycles. The standard InChI is InChI=1S/C12H20FNO3/c1-12(2,3)17-11(16)14-6-4-9(5-7-14)10(13)8-15/h15H,4-8H2,1-3H3. The molecule has 0 aromatic carbocycles. The van der Waals surface area contributed by atoms with Gasteiger partial charge in [0.05, 0.1) is 6.61 Å². The van der Waals surface area contributed by atoms with Crippen molar-refractivity contribution in [2.45, 2.75) is 39.2 Å². The van der Waals surface area contributed by atoms with Crippen LogP contribution >= 0.6 is 0 Å². The van der Waals surface area contributed by atoms with Crippen molar-refractivity contribution in [3.05, 3.63) is 11.4 Å². The smallest absolute Gasteiger partial charge is 0.410 e. The Bertz CT molecular complexity index is 310. The van der Waals surface area contributed by atoms with Crippen LogP contribution in [0.25, 0.3) is 0 Å². The summed E-state index contributed by atoms with van der Waals surface area (Å²) in [4.78, 5) is 13.3. The monoisotopic (exact) mass is 245 g/mol. The number of rotatable bonds is 1. The highest BCUT2D eigenvalue weighted by molar-refractivity contribution is 5.68. The number of hydrogen-bond acceptors (Lipinski definition) is 3. The molecular formula is C12H20FNO3. The van der Waals surface area contributed by atoms with Gasteiger partial charge in [0.1, 0.15) is 11.4 Å². The Morgan fingerprint density at radius 3 is 2.35 bits per heavy atom. The van der Waals surface area contributed by atoms with Crippen LogP contribution in [0.2, 0.25) is 0 Å². The van der Waals surface area contributed by atoms with Crippen molar-refractivity contribution in [2.75, 3.05) is 19.7 Å². The van der Waals surface area contributed by atoms with E-state index in [-0.39, 0.29) is 6.09 Å². The molecule has 1 N–H and O–H groups in total. The summed E-state index contributed by atoms with van der Waals surface area (Å²) < 4.78 is 18.3. The number of likely N-dealkylation sites (tertiary alicyclic amines) is 1. The molecule has 0 atom stereocenters. The van der Waals surface area contributed by atoms with Crippen molar-refractivity contribution in [2.24, 2.45) is 0 Å². The van der Waals surface area contributed by atoms with Crippen LogP contribution in [0.5, 0.6) is 0 Å². The van der Waals surface area contributed by atoms with Crippen LogP contribution in [0.4, 0.5) is 9.18 Å². The van der Waals surface area contributed by atoms with Gasteiger partial charge in [0, 0.05) is 13.1 Å². The number of amides is 1. The van der Waals surface area contributed by atoms with Gasteiger partial charge < -0.3 is 14.7 Å². The predicted octanol–water partition coefficient (Wildman–Crippen LogP) is 2.23. The van der Waals surface area contributed by atoms with E-state index in [4.69, 9.17) is 9.84 Å². The molecule has 1 heterocycles. The van der Waals surface area contributed by atoms with Crippen molar-refractivity contribution in [1.82, 2.24) is 4.90 Å². The maximum atomic E-state index is 13.1. The lowest BCUT2D eigenvalue weighted by Gasteiger charge is -2.31. The summed E-state index contributed by atoms with van der Waals surface area (Å²) in [6.45, 7) is 5.76. The second kappa shape index (κ2) is 5.49. The molecule has 5 heteroatoms. The minimum absolute atomic E-state index is 0.360. The highest BCUT2D eigenvalue weighted by Gasteiger charge is 2.25. The van der Waals surface area contributed by atoms with Crippen LogP contribution in [0.3, 0.4) is 0 Å². The quantitative estimate of drug-likeness (QED) is 0.770. The minimum atomic E-state index is -0.554. The zero-order valence-corrected chi connectivity index (χ0v) is 10.6. The molecule has 1 saturated heterocycles. The van der Waals surface area contributed by atoms with E-state index in [1.165, 1.54) is 0 Å². The van der Waals surface area contributed by atoms with Crippen LogP contribution < -0.4 is 0 Å². The SMILES string of the molecule is CC(C)(C)OC(=O)N1CCC(=C(F)CO)CC1. The molecule has 1 rings (SSSR count). The van der Waals surface area contributed by atoms with Gasteiger partial charge in [0.25, 0.3) is 0 Å². The molecule has 0 unspecified atom stereocenters. The molecule has 4 nitrogen and oxygen atoms in total. The van der Waals surface area contributed by atoms with E-state index in [2.05, 4.69) is 0 Å². The first-order valence-electron chi connectivity index (χ1n) is 5.78. The van der Waals surface area contributed by atoms with Crippen molar-refractivity contribution < 1.29 is 19.0 Å². The van der Waals surface area contributed by atoms with Gasteiger partial charge in [-0.05, 0) is 39.2 Å². The summed E-state index contributed by atoms with van der Waals surface area (Å²) in [5.74, 6) is -0.464. The van der Waals surface area contributed by atoms with Gasteiger partial charge in [-0.1, -0.05) is 0 Å². The normalized spacial score (nSPS) is 17.0. The number of ether oxygens (including phenoxy) is 1. The summed E-state index contributed by atoms with van der Waals surface area (Å²) >= 11 is 0. The van der Waals surface area contributed by atoms with E-state index in [1.54, 1.807) is 4.90 Å². The number of piperidine rings is 1. The van der Waals surface area contributed by atoms with Gasteiger partial charge in [-0.15, -0.1) is 0 Å². The van der Waals surface area contributed by atoms with E-state index in [0.29, 0.717) is 31.5 Å². The van der Waals surface area contributed by atoms with Gasteiger partial charge >= 0.3 is 6.09 Å². The third kappa shape index (κ3) is 4.34. The largest absolute Gasteiger partial charge is 0.444 e. The molecule has 0 aromatic rings. The molecule has 1 aliphatic heterocycles. The topological polar surface area (TPSA) is 49.8 Å². The summed E-state index contributed by atoms with van der Waals surface area (Å²) in [5, 5.41) is 8.68. The highest BCUT2D eigenvalue weighted by Crippen LogP contribution is 2.22. The maximum Gasteiger partial charge on any atom is 0.410 e. The zero-order chi connectivity index (χ0) is 13.1. The van der Waals surface area contributed by atoms with E-state index < -0.39 is 18.0 Å². The van der Waals surface area contributed by atoms with Gasteiger partial charge in [-0.3, -0.25) is 0 Å². The molecule has 0 aliphatic carbocycles. The number of hydrogen-bond donors (Lipinski definition) is 1. The molecule has 1 amide bonds. The first kappa shape index (κ1) is 14.0. The summed E-state index contributed by atoms with van der Waals surface area (Å²) in [7, 11) is 0. The molecule has 1 fully saturated rings. The Hall–Kier alpha value is -1.10. The lowest BCUT2D eigenvalue weighted by Crippen LogP contribution is -2.40. The molecular weight excluding hydrogens is 225 g/mol. The third-order valence-corrected chi connectivity index (χ3v) is 2.54. The maximum absolute atomic E-state index is 13.1. The molecule has 98 valence electrons. The van der Waals surface area contributed by atoms with E-state index in [9.17, 15) is 9.18 Å². The van der Waals surface area contributed by atoms with Crippen LogP contribution in [0, 0.1) is 0 Å². The van der Waals surface area contributed by atoms with Gasteiger partial charge in [-0.2, -0.15) is 0 Å². The van der Waals surface area contributed by atoms with Crippen molar-refractivity contribution in [3.8, 4) is 0 Å². The Kier molecular flexibility index (Phi) is 4.51. The summed E-state index contributed by atoms with van der Waals surface area (Å²) in [6.07, 6.45) is 0.568. The van der Waals surface area contributed by atoms with Crippen LogP contribution in [-0.4, -0.2) is 41.4 Å². The molecule has 0 aromatic heterocycles. The molecule has 1 aliphatic rings. The van der Waals surface area contributed by atoms with Crippen molar-refractivity contribution in [1.29, 1.82) is 0 Å². The van der Waals surface area contributed by atoms with E-state index in [0.717, 1.165) is 0 Å². The first-order chi connectivity index (χ1) is 7.83. The number of carbonyl (C=O) groups is 1. The second-order valence-corrected chi connectivity index (χ2v) is 5.13. The lowest BCUT2D eigenvalue weighted by atomic mass is 10.0. The van der Waals surface area contributed by atoms with Gasteiger partial charge in [0.2, 0.25) is 0 Å². The number of carbonyl (C=O) groups excluding carboxylic acids is 1. The van der Waals surface area contributed by atoms with Crippen LogP contribution in [-0.2, 0) is 4.74 Å². The number of nitrogens with zero attached hydrogens (tertiary/aromatic N) is 1. The predicted molar refractivity (Wildman–Crippen MR) is 62.3 cm³/mol. The van der Waals surface area contributed by atoms with Crippen molar-refractivity contribution >= 4 is 6.09 Å². The average Bonchev–Trinajstić information content (AvgIpc) is 2.26. The average molecular weight is 245 g/mol. The second-order valence-electron chi connectivity index (χ2n) is 5.13. The third-order valence-electron chi connectivity index (χ3n) is 2.54. The van der Waals surface area contributed by atoms with Crippen LogP contribution in [0.1, 0.15) is 33.6 Å². The summed E-state index contributed by atoms with van der Waals surface area (Å²) in [6, 6.07) is 0. The Morgan fingerprint density at radius 2 is 1.94 bits per heavy atom. The lowest BCUT2D eigenvalue weighted by molar-refractivity contribution is 0.0234. The molecule has 0 spiro atoms. The number of aliphatic hydroxyl groups excluding tert-OH is 1. The zero-order valence-electron chi connectivity index (χ0n) is 10.6. The summed E-state index contributed by atoms with van der Waals surface area (Å²) in [5.41, 5.74) is 0.0936. The fourth-order valence-corrected chi connectivity index (χ4v) is 1.67. The number of aliphatic hydroxyl groups is 1. The van der Waals surface area contributed by atoms with Crippen molar-refractivity contribution in [3.63, 3.8) is 0 Å². The first-order valence-corrected chi connectivity index (χ1v) is 5.78. The van der Waals surface area contributed by atoms with Gasteiger partial charge in [-0.25, -0.2) is 9.18 Å². The van der Waals surface area contributed by atoms with E-state index >= 15 is 0 Å². The fourth-order valence-electron chi connectivity index (χ4n) is 1.67. The Labute approximate surface area is 101 Å². The minimum Gasteiger partial charge on any atom is -0.444 e. The molecule has 0 radical (unpaired) electrons. The molecule has 17 heavy (non-hydrogen) atoms. The Balaban J connectivity index is 2.50. The number of halogens is 1. The van der Waals surface area contributed by atoms with Crippen LogP contribution in [0.15, 0.2) is 11.4 Å². The Morgan fingerprint density at radius 1 is 1.41 bits per heavy atom.